The molecule has 0 fully saturated rings. The van der Waals surface area contributed by atoms with Crippen molar-refractivity contribution in [3.05, 3.63) is 63.6 Å². The maximum Gasteiger partial charge on any atom is 0.0962 e. The van der Waals surface area contributed by atoms with Crippen molar-refractivity contribution in [1.29, 1.82) is 0 Å². The molecule has 0 heterocycles. The smallest absolute Gasteiger partial charge is 0.0962 e. The molecule has 0 aliphatic carbocycles. The van der Waals surface area contributed by atoms with E-state index in [2.05, 4.69) is 60.2 Å². The zero-order valence-corrected chi connectivity index (χ0v) is 14.3. The van der Waals surface area contributed by atoms with E-state index in [4.69, 9.17) is 0 Å². The summed E-state index contributed by atoms with van der Waals surface area (Å²) in [6.07, 6.45) is -0.510. The lowest BCUT2D eigenvalue weighted by Crippen LogP contribution is -2.12. The quantitative estimate of drug-likeness (QED) is 0.795. The lowest BCUT2D eigenvalue weighted by Gasteiger charge is -2.16. The van der Waals surface area contributed by atoms with E-state index in [1.807, 2.05) is 24.3 Å². The van der Waals surface area contributed by atoms with Gasteiger partial charge in [-0.3, -0.25) is 0 Å². The molecule has 112 valence electrons. The highest BCUT2D eigenvalue weighted by Gasteiger charge is 2.09. The number of benzene rings is 2. The zero-order valence-electron chi connectivity index (χ0n) is 12.7. The van der Waals surface area contributed by atoms with E-state index >= 15 is 0 Å². The average molecular weight is 348 g/mol. The predicted octanol–water partition coefficient (Wildman–Crippen LogP) is 5.03. The Morgan fingerprint density at radius 2 is 1.67 bits per heavy atom. The van der Waals surface area contributed by atoms with Crippen LogP contribution in [0.2, 0.25) is 0 Å². The molecular weight excluding hydrogens is 326 g/mol. The summed E-state index contributed by atoms with van der Waals surface area (Å²) in [6, 6.07) is 14.3. The molecule has 0 aliphatic rings. The molecule has 0 radical (unpaired) electrons. The molecule has 0 spiro atoms. The minimum absolute atomic E-state index is 0.498. The summed E-state index contributed by atoms with van der Waals surface area (Å²) < 4.78 is 1.03. The number of aliphatic hydroxyl groups is 1. The van der Waals surface area contributed by atoms with Crippen LogP contribution in [0.25, 0.3) is 0 Å². The molecule has 2 aromatic carbocycles. The summed E-state index contributed by atoms with van der Waals surface area (Å²) in [5, 5.41) is 13.6. The number of hydrogen-bond donors (Lipinski definition) is 2. The van der Waals surface area contributed by atoms with Gasteiger partial charge in [-0.1, -0.05) is 60.1 Å². The highest BCUT2D eigenvalue weighted by molar-refractivity contribution is 9.10. The lowest BCUT2D eigenvalue weighted by atomic mass is 10.00. The van der Waals surface area contributed by atoms with E-state index in [0.29, 0.717) is 12.5 Å². The van der Waals surface area contributed by atoms with Gasteiger partial charge in [0.25, 0.3) is 0 Å². The zero-order chi connectivity index (χ0) is 15.4. The second-order valence-corrected chi connectivity index (χ2v) is 6.59. The third-order valence-electron chi connectivity index (χ3n) is 3.67. The molecule has 0 bridgehead atoms. The Morgan fingerprint density at radius 1 is 1.05 bits per heavy atom. The maximum absolute atomic E-state index is 10.3. The molecule has 2 nitrogen and oxygen atoms in total. The first-order chi connectivity index (χ1) is 9.97. The third-order valence-corrected chi connectivity index (χ3v) is 4.17. The highest BCUT2D eigenvalue weighted by Crippen LogP contribution is 2.23. The van der Waals surface area contributed by atoms with Crippen molar-refractivity contribution in [2.24, 2.45) is 0 Å². The van der Waals surface area contributed by atoms with E-state index in [1.165, 1.54) is 11.1 Å². The molecule has 0 saturated carbocycles. The van der Waals surface area contributed by atoms with Crippen LogP contribution in [0, 0.1) is 6.92 Å². The third kappa shape index (κ3) is 4.32. The normalized spacial score (nSPS) is 12.5. The standard InChI is InChI=1S/C18H22BrNO/c1-12(2)14-5-7-15(8-6-14)18(21)11-20-17-10-16(19)9-4-13(17)3/h4-10,12,18,20-21H,11H2,1-3H3. The van der Waals surface area contributed by atoms with Crippen LogP contribution in [0.1, 0.15) is 42.6 Å². The van der Waals surface area contributed by atoms with E-state index < -0.39 is 6.10 Å². The van der Waals surface area contributed by atoms with Crippen molar-refractivity contribution in [1.82, 2.24) is 0 Å². The fourth-order valence-electron chi connectivity index (χ4n) is 2.21. The van der Waals surface area contributed by atoms with Gasteiger partial charge in [-0.05, 0) is 41.7 Å². The molecule has 2 N–H and O–H groups in total. The summed E-state index contributed by atoms with van der Waals surface area (Å²) in [5.74, 6) is 0.513. The molecule has 0 aliphatic heterocycles. The van der Waals surface area contributed by atoms with Gasteiger partial charge >= 0.3 is 0 Å². The lowest BCUT2D eigenvalue weighted by molar-refractivity contribution is 0.191. The fraction of sp³-hybridized carbons (Fsp3) is 0.333. The number of anilines is 1. The average Bonchev–Trinajstić information content (AvgIpc) is 2.48. The van der Waals surface area contributed by atoms with E-state index in [0.717, 1.165) is 15.7 Å². The van der Waals surface area contributed by atoms with Crippen LogP contribution >= 0.6 is 15.9 Å². The van der Waals surface area contributed by atoms with Crippen LogP contribution < -0.4 is 5.32 Å². The highest BCUT2D eigenvalue weighted by atomic mass is 79.9. The first-order valence-electron chi connectivity index (χ1n) is 7.25. The second-order valence-electron chi connectivity index (χ2n) is 5.68. The van der Waals surface area contributed by atoms with Crippen molar-refractivity contribution >= 4 is 21.6 Å². The van der Waals surface area contributed by atoms with E-state index in [1.54, 1.807) is 0 Å². The Morgan fingerprint density at radius 3 is 2.29 bits per heavy atom. The van der Waals surface area contributed by atoms with Gasteiger partial charge in [0.05, 0.1) is 6.10 Å². The molecule has 2 rings (SSSR count). The Kier molecular flexibility index (Phi) is 5.43. The number of aryl methyl sites for hydroxylation is 1. The first-order valence-corrected chi connectivity index (χ1v) is 8.04. The Labute approximate surface area is 135 Å². The number of nitrogens with one attached hydrogen (secondary N) is 1. The number of rotatable bonds is 5. The molecule has 3 heteroatoms. The van der Waals surface area contributed by atoms with E-state index in [-0.39, 0.29) is 0 Å². The van der Waals surface area contributed by atoms with Crippen LogP contribution in [0.15, 0.2) is 46.9 Å². The molecular formula is C18H22BrNO. The molecule has 2 aromatic rings. The Balaban J connectivity index is 2.01. The minimum Gasteiger partial charge on any atom is -0.387 e. The maximum atomic E-state index is 10.3. The first kappa shape index (κ1) is 16.1. The van der Waals surface area contributed by atoms with E-state index in [9.17, 15) is 5.11 Å². The molecule has 0 amide bonds. The number of hydrogen-bond acceptors (Lipinski definition) is 2. The summed E-state index contributed by atoms with van der Waals surface area (Å²) in [4.78, 5) is 0. The topological polar surface area (TPSA) is 32.3 Å². The van der Waals surface area contributed by atoms with Gasteiger partial charge in [-0.25, -0.2) is 0 Å². The van der Waals surface area contributed by atoms with Crippen molar-refractivity contribution in [3.63, 3.8) is 0 Å². The number of halogens is 1. The van der Waals surface area contributed by atoms with Gasteiger partial charge < -0.3 is 10.4 Å². The van der Waals surface area contributed by atoms with Gasteiger partial charge in [-0.15, -0.1) is 0 Å². The summed E-state index contributed by atoms with van der Waals surface area (Å²) in [7, 11) is 0. The SMILES string of the molecule is Cc1ccc(Br)cc1NCC(O)c1ccc(C(C)C)cc1. The predicted molar refractivity (Wildman–Crippen MR) is 92.9 cm³/mol. The fourth-order valence-corrected chi connectivity index (χ4v) is 2.57. The molecule has 21 heavy (non-hydrogen) atoms. The molecule has 1 unspecified atom stereocenters. The van der Waals surface area contributed by atoms with Crippen molar-refractivity contribution in [2.75, 3.05) is 11.9 Å². The van der Waals surface area contributed by atoms with Gasteiger partial charge in [0.1, 0.15) is 0 Å². The summed E-state index contributed by atoms with van der Waals surface area (Å²) in [5.41, 5.74) is 4.45. The molecule has 0 saturated heterocycles. The van der Waals surface area contributed by atoms with Crippen molar-refractivity contribution in [3.8, 4) is 0 Å². The summed E-state index contributed by atoms with van der Waals surface area (Å²) in [6.45, 7) is 6.89. The van der Waals surface area contributed by atoms with Crippen LogP contribution in [-0.4, -0.2) is 11.7 Å². The van der Waals surface area contributed by atoms with Crippen molar-refractivity contribution in [2.45, 2.75) is 32.8 Å². The van der Waals surface area contributed by atoms with Gasteiger partial charge in [0.15, 0.2) is 0 Å². The van der Waals surface area contributed by atoms with Gasteiger partial charge in [0.2, 0.25) is 0 Å². The van der Waals surface area contributed by atoms with Crippen LogP contribution in [-0.2, 0) is 0 Å². The minimum atomic E-state index is -0.510. The van der Waals surface area contributed by atoms with Crippen LogP contribution in [0.3, 0.4) is 0 Å². The molecule has 0 aromatic heterocycles. The van der Waals surface area contributed by atoms with Gasteiger partial charge in [-0.2, -0.15) is 0 Å². The number of aliphatic hydroxyl groups excluding tert-OH is 1. The summed E-state index contributed by atoms with van der Waals surface area (Å²) >= 11 is 3.47. The monoisotopic (exact) mass is 347 g/mol. The van der Waals surface area contributed by atoms with Crippen LogP contribution in [0.5, 0.6) is 0 Å². The largest absolute Gasteiger partial charge is 0.387 e. The van der Waals surface area contributed by atoms with Gasteiger partial charge in [0, 0.05) is 16.7 Å². The Hall–Kier alpha value is -1.32. The Bertz CT molecular complexity index is 593. The van der Waals surface area contributed by atoms with Crippen LogP contribution in [0.4, 0.5) is 5.69 Å². The second kappa shape index (κ2) is 7.10. The van der Waals surface area contributed by atoms with Crippen molar-refractivity contribution < 1.29 is 5.11 Å². The molecule has 1 atom stereocenters.